The molecule has 0 aromatic heterocycles. The van der Waals surface area contributed by atoms with Gasteiger partial charge >= 0.3 is 5.97 Å². The molecule has 0 saturated heterocycles. The predicted octanol–water partition coefficient (Wildman–Crippen LogP) is 0.0189. The van der Waals surface area contributed by atoms with Crippen LogP contribution in [0.1, 0.15) is 19.8 Å². The average Bonchev–Trinajstić information content (AvgIpc) is 2.21. The highest BCUT2D eigenvalue weighted by Crippen LogP contribution is 1.91. The molecule has 6 nitrogen and oxygen atoms in total. The lowest BCUT2D eigenvalue weighted by Crippen LogP contribution is -2.36. The number of carboxylic acid groups (broad SMARTS) is 1. The van der Waals surface area contributed by atoms with E-state index >= 15 is 0 Å². The van der Waals surface area contributed by atoms with E-state index in [1.807, 2.05) is 0 Å². The van der Waals surface area contributed by atoms with Crippen LogP contribution >= 0.6 is 0 Å². The standard InChI is InChI=1S/C10H19NO5/c1-8(7-16-6-5-15-2)11-9(12)3-4-10(13)14/h8H,3-7H2,1-2H3,(H,11,12)(H,13,14). The molecule has 0 heterocycles. The number of carbonyl (C=O) groups is 2. The van der Waals surface area contributed by atoms with Gasteiger partial charge in [0, 0.05) is 19.6 Å². The fourth-order valence-corrected chi connectivity index (χ4v) is 1.01. The quantitative estimate of drug-likeness (QED) is 0.548. The molecule has 0 radical (unpaired) electrons. The molecule has 0 rings (SSSR count). The highest BCUT2D eigenvalue weighted by atomic mass is 16.5. The van der Waals surface area contributed by atoms with Gasteiger partial charge in [-0.05, 0) is 6.92 Å². The zero-order valence-electron chi connectivity index (χ0n) is 9.69. The van der Waals surface area contributed by atoms with E-state index in [2.05, 4.69) is 5.32 Å². The summed E-state index contributed by atoms with van der Waals surface area (Å²) in [5, 5.41) is 11.0. The van der Waals surface area contributed by atoms with Crippen molar-refractivity contribution in [1.82, 2.24) is 5.32 Å². The molecule has 0 bridgehead atoms. The summed E-state index contributed by atoms with van der Waals surface area (Å²) in [5.41, 5.74) is 0. The van der Waals surface area contributed by atoms with Gasteiger partial charge in [-0.15, -0.1) is 0 Å². The zero-order valence-corrected chi connectivity index (χ0v) is 9.69. The number of rotatable bonds is 9. The topological polar surface area (TPSA) is 84.9 Å². The Morgan fingerprint density at radius 3 is 2.56 bits per heavy atom. The number of hydrogen-bond donors (Lipinski definition) is 2. The lowest BCUT2D eigenvalue weighted by atomic mass is 10.2. The van der Waals surface area contributed by atoms with Gasteiger partial charge < -0.3 is 19.9 Å². The van der Waals surface area contributed by atoms with Gasteiger partial charge in [0.25, 0.3) is 0 Å². The number of hydrogen-bond acceptors (Lipinski definition) is 4. The van der Waals surface area contributed by atoms with E-state index in [1.54, 1.807) is 14.0 Å². The molecule has 1 amide bonds. The maximum Gasteiger partial charge on any atom is 0.303 e. The summed E-state index contributed by atoms with van der Waals surface area (Å²) in [7, 11) is 1.58. The Bertz CT molecular complexity index is 219. The van der Waals surface area contributed by atoms with E-state index in [0.29, 0.717) is 19.8 Å². The van der Waals surface area contributed by atoms with Gasteiger partial charge in [-0.25, -0.2) is 0 Å². The van der Waals surface area contributed by atoms with Crippen LogP contribution in [0, 0.1) is 0 Å². The Morgan fingerprint density at radius 2 is 2.00 bits per heavy atom. The van der Waals surface area contributed by atoms with Crippen molar-refractivity contribution in [2.45, 2.75) is 25.8 Å². The molecule has 0 aromatic rings. The molecule has 0 aliphatic carbocycles. The van der Waals surface area contributed by atoms with Crippen molar-refractivity contribution in [3.63, 3.8) is 0 Å². The molecule has 1 atom stereocenters. The van der Waals surface area contributed by atoms with Crippen molar-refractivity contribution < 1.29 is 24.2 Å². The number of methoxy groups -OCH3 is 1. The molecule has 16 heavy (non-hydrogen) atoms. The number of ether oxygens (including phenoxy) is 2. The molecular weight excluding hydrogens is 214 g/mol. The summed E-state index contributed by atoms with van der Waals surface area (Å²) < 4.78 is 10.00. The molecule has 0 fully saturated rings. The van der Waals surface area contributed by atoms with Gasteiger partial charge in [-0.1, -0.05) is 0 Å². The van der Waals surface area contributed by atoms with Gasteiger partial charge in [-0.3, -0.25) is 9.59 Å². The molecule has 0 spiro atoms. The number of aliphatic carboxylic acids is 1. The van der Waals surface area contributed by atoms with Gasteiger partial charge in [-0.2, -0.15) is 0 Å². The lowest BCUT2D eigenvalue weighted by Gasteiger charge is -2.13. The monoisotopic (exact) mass is 233 g/mol. The van der Waals surface area contributed by atoms with Gasteiger partial charge in [0.15, 0.2) is 0 Å². The Hall–Kier alpha value is -1.14. The third kappa shape index (κ3) is 9.42. The molecule has 94 valence electrons. The van der Waals surface area contributed by atoms with E-state index in [9.17, 15) is 9.59 Å². The highest BCUT2D eigenvalue weighted by molar-refractivity contribution is 5.80. The molecule has 0 aliphatic rings. The first-order valence-electron chi connectivity index (χ1n) is 5.14. The van der Waals surface area contributed by atoms with E-state index in [0.717, 1.165) is 0 Å². The van der Waals surface area contributed by atoms with Gasteiger partial charge in [0.1, 0.15) is 0 Å². The molecule has 1 unspecified atom stereocenters. The smallest absolute Gasteiger partial charge is 0.303 e. The second-order valence-corrected chi connectivity index (χ2v) is 3.43. The molecule has 0 aromatic carbocycles. The number of amides is 1. The van der Waals surface area contributed by atoms with Crippen molar-refractivity contribution in [2.75, 3.05) is 26.9 Å². The van der Waals surface area contributed by atoms with Crippen LogP contribution < -0.4 is 5.32 Å². The maximum absolute atomic E-state index is 11.2. The van der Waals surface area contributed by atoms with Crippen molar-refractivity contribution in [2.24, 2.45) is 0 Å². The Labute approximate surface area is 94.9 Å². The first kappa shape index (κ1) is 14.9. The number of nitrogens with one attached hydrogen (secondary N) is 1. The maximum atomic E-state index is 11.2. The van der Waals surface area contributed by atoms with E-state index in [1.165, 1.54) is 0 Å². The minimum Gasteiger partial charge on any atom is -0.481 e. The van der Waals surface area contributed by atoms with E-state index in [4.69, 9.17) is 14.6 Å². The molecular formula is C10H19NO5. The zero-order chi connectivity index (χ0) is 12.4. The summed E-state index contributed by atoms with van der Waals surface area (Å²) in [6.45, 7) is 3.18. The van der Waals surface area contributed by atoms with Gasteiger partial charge in [0.2, 0.25) is 5.91 Å². The van der Waals surface area contributed by atoms with Crippen LogP contribution in [-0.2, 0) is 19.1 Å². The second-order valence-electron chi connectivity index (χ2n) is 3.43. The van der Waals surface area contributed by atoms with Crippen LogP contribution in [0.25, 0.3) is 0 Å². The Kier molecular flexibility index (Phi) is 8.46. The SMILES string of the molecule is COCCOCC(C)NC(=O)CCC(=O)O. The van der Waals surface area contributed by atoms with E-state index in [-0.39, 0.29) is 24.8 Å². The molecule has 2 N–H and O–H groups in total. The third-order valence-corrected chi connectivity index (χ3v) is 1.77. The number of carbonyl (C=O) groups excluding carboxylic acids is 1. The minimum absolute atomic E-state index is 0.00224. The summed E-state index contributed by atoms with van der Waals surface area (Å²) in [6.07, 6.45) is -0.152. The second kappa shape index (κ2) is 9.11. The lowest BCUT2D eigenvalue weighted by molar-refractivity contribution is -0.139. The van der Waals surface area contributed by atoms with Crippen LogP contribution in [0.2, 0.25) is 0 Å². The Morgan fingerprint density at radius 1 is 1.31 bits per heavy atom. The molecule has 0 aliphatic heterocycles. The van der Waals surface area contributed by atoms with Crippen molar-refractivity contribution in [3.05, 3.63) is 0 Å². The van der Waals surface area contributed by atoms with Gasteiger partial charge in [0.05, 0.1) is 26.2 Å². The summed E-state index contributed by atoms with van der Waals surface area (Å²) in [5.74, 6) is -1.25. The normalized spacial score (nSPS) is 12.1. The Balaban J connectivity index is 3.50. The van der Waals surface area contributed by atoms with Crippen LogP contribution in [0.5, 0.6) is 0 Å². The average molecular weight is 233 g/mol. The summed E-state index contributed by atoms with van der Waals surface area (Å²) >= 11 is 0. The first-order valence-corrected chi connectivity index (χ1v) is 5.14. The van der Waals surface area contributed by atoms with Crippen LogP contribution in [0.3, 0.4) is 0 Å². The van der Waals surface area contributed by atoms with Crippen LogP contribution in [0.4, 0.5) is 0 Å². The highest BCUT2D eigenvalue weighted by Gasteiger charge is 2.08. The molecule has 6 heteroatoms. The fraction of sp³-hybridized carbons (Fsp3) is 0.800. The first-order chi connectivity index (χ1) is 7.56. The summed E-state index contributed by atoms with van der Waals surface area (Å²) in [4.78, 5) is 21.4. The predicted molar refractivity (Wildman–Crippen MR) is 57.2 cm³/mol. The minimum atomic E-state index is -0.973. The number of carboxylic acids is 1. The van der Waals surface area contributed by atoms with Crippen LogP contribution in [-0.4, -0.2) is 50.0 Å². The summed E-state index contributed by atoms with van der Waals surface area (Å²) in [6, 6.07) is -0.127. The molecule has 0 saturated carbocycles. The van der Waals surface area contributed by atoms with Crippen molar-refractivity contribution in [1.29, 1.82) is 0 Å². The van der Waals surface area contributed by atoms with Crippen molar-refractivity contribution in [3.8, 4) is 0 Å². The van der Waals surface area contributed by atoms with E-state index < -0.39 is 5.97 Å². The largest absolute Gasteiger partial charge is 0.481 e. The third-order valence-electron chi connectivity index (χ3n) is 1.77. The van der Waals surface area contributed by atoms with Crippen molar-refractivity contribution >= 4 is 11.9 Å². The van der Waals surface area contributed by atoms with Crippen LogP contribution in [0.15, 0.2) is 0 Å². The fourth-order valence-electron chi connectivity index (χ4n) is 1.01.